The molecule has 0 aromatic heterocycles. The summed E-state index contributed by atoms with van der Waals surface area (Å²) >= 11 is 0. The van der Waals surface area contributed by atoms with E-state index in [9.17, 15) is 26.4 Å². The molecule has 0 saturated heterocycles. The van der Waals surface area contributed by atoms with Crippen molar-refractivity contribution in [2.24, 2.45) is 5.92 Å². The van der Waals surface area contributed by atoms with Crippen molar-refractivity contribution in [2.75, 3.05) is 0 Å². The second kappa shape index (κ2) is 10.4. The van der Waals surface area contributed by atoms with E-state index >= 15 is 0 Å². The molecule has 0 N–H and O–H groups in total. The van der Waals surface area contributed by atoms with E-state index in [1.54, 1.807) is 6.08 Å². The van der Waals surface area contributed by atoms with Gasteiger partial charge in [-0.3, -0.25) is 4.79 Å². The second-order valence-electron chi connectivity index (χ2n) is 4.93. The molecule has 1 aliphatic carbocycles. The molecule has 148 valence electrons. The van der Waals surface area contributed by atoms with Crippen LogP contribution < -0.4 is 4.18 Å². The predicted molar refractivity (Wildman–Crippen MR) is 95.7 cm³/mol. The first-order valence-corrected chi connectivity index (χ1v) is 9.85. The molecule has 1 unspecified atom stereocenters. The molecule has 0 heterocycles. The third kappa shape index (κ3) is 5.86. The molecule has 0 radical (unpaired) electrons. The number of rotatable bonds is 4. The lowest BCUT2D eigenvalue weighted by molar-refractivity contribution is -0.0500. The van der Waals surface area contributed by atoms with Gasteiger partial charge in [0.25, 0.3) is 0 Å². The average Bonchev–Trinajstić information content (AvgIpc) is 2.60. The number of carbonyl (C=O) groups is 1. The number of alkyl halides is 3. The molecule has 26 heavy (non-hydrogen) atoms. The number of Topliss-reactive ketones (excluding diaryl/α,β-unsaturated/α-hetero) is 1. The highest BCUT2D eigenvalue weighted by Gasteiger charge is 2.48. The zero-order chi connectivity index (χ0) is 20.5. The minimum Gasteiger partial charge on any atom is -0.376 e. The fraction of sp³-hybridized carbons (Fsp3) is 0.500. The molecule has 1 aliphatic rings. The average molecular weight is 394 g/mol. The Morgan fingerprint density at radius 3 is 2.31 bits per heavy atom. The third-order valence-corrected chi connectivity index (χ3v) is 4.39. The van der Waals surface area contributed by atoms with Crippen molar-refractivity contribution in [2.45, 2.75) is 52.5 Å². The van der Waals surface area contributed by atoms with E-state index in [1.807, 2.05) is 27.7 Å². The number of benzene rings is 1. The predicted octanol–water partition coefficient (Wildman–Crippen LogP) is 5.29. The van der Waals surface area contributed by atoms with Crippen LogP contribution in [-0.4, -0.2) is 19.7 Å². The first-order valence-electron chi connectivity index (χ1n) is 8.44. The van der Waals surface area contributed by atoms with E-state index < -0.39 is 21.4 Å². The van der Waals surface area contributed by atoms with Gasteiger partial charge in [0.15, 0.2) is 5.78 Å². The Morgan fingerprint density at radius 2 is 1.81 bits per heavy atom. The van der Waals surface area contributed by atoms with Crippen LogP contribution in [0.5, 0.6) is 5.75 Å². The summed E-state index contributed by atoms with van der Waals surface area (Å²) < 4.78 is 62.8. The Kier molecular flexibility index (Phi) is 9.62. The van der Waals surface area contributed by atoms with Crippen LogP contribution in [0.2, 0.25) is 0 Å². The van der Waals surface area contributed by atoms with Gasteiger partial charge in [0.05, 0.1) is 0 Å². The molecule has 4 nitrogen and oxygen atoms in total. The molecule has 2 rings (SSSR count). The molecule has 1 aromatic carbocycles. The minimum absolute atomic E-state index is 0.119. The van der Waals surface area contributed by atoms with Gasteiger partial charge in [-0.1, -0.05) is 33.8 Å². The molecule has 8 heteroatoms. The van der Waals surface area contributed by atoms with Gasteiger partial charge in [0, 0.05) is 11.5 Å². The fourth-order valence-corrected chi connectivity index (χ4v) is 2.80. The summed E-state index contributed by atoms with van der Waals surface area (Å²) in [6, 6.07) is 3.52. The van der Waals surface area contributed by atoms with Gasteiger partial charge < -0.3 is 4.18 Å². The van der Waals surface area contributed by atoms with Gasteiger partial charge in [-0.15, -0.1) is 6.58 Å². The van der Waals surface area contributed by atoms with Crippen LogP contribution in [0.15, 0.2) is 30.9 Å². The molecule has 0 aliphatic heterocycles. The number of fused-ring (bicyclic) bond motifs is 1. The van der Waals surface area contributed by atoms with E-state index in [2.05, 4.69) is 10.8 Å². The van der Waals surface area contributed by atoms with Crippen molar-refractivity contribution in [3.63, 3.8) is 0 Å². The Hall–Kier alpha value is -1.83. The van der Waals surface area contributed by atoms with Crippen molar-refractivity contribution >= 4 is 15.9 Å². The normalized spacial score (nSPS) is 16.3. The first-order chi connectivity index (χ1) is 12.2. The molecule has 0 amide bonds. The number of aryl methyl sites for hydroxylation is 1. The maximum atomic E-state index is 12.3. The zero-order valence-corrected chi connectivity index (χ0v) is 16.2. The molecule has 0 bridgehead atoms. The Labute approximate surface area is 153 Å². The lowest BCUT2D eigenvalue weighted by atomic mass is 9.81. The van der Waals surface area contributed by atoms with Gasteiger partial charge in [0.1, 0.15) is 5.75 Å². The second-order valence-corrected chi connectivity index (χ2v) is 6.46. The number of hydrogen-bond acceptors (Lipinski definition) is 4. The topological polar surface area (TPSA) is 60.4 Å². The molecule has 0 saturated carbocycles. The molecular formula is C18H25F3O4S. The van der Waals surface area contributed by atoms with E-state index in [4.69, 9.17) is 0 Å². The van der Waals surface area contributed by atoms with Crippen LogP contribution in [0.3, 0.4) is 0 Å². The first kappa shape index (κ1) is 24.2. The highest BCUT2D eigenvalue weighted by atomic mass is 32.2. The van der Waals surface area contributed by atoms with E-state index in [1.165, 1.54) is 12.1 Å². The fourth-order valence-electron chi connectivity index (χ4n) is 2.35. The maximum absolute atomic E-state index is 12.3. The van der Waals surface area contributed by atoms with Gasteiger partial charge in [-0.2, -0.15) is 21.6 Å². The number of ketones is 1. The van der Waals surface area contributed by atoms with Crippen molar-refractivity contribution in [1.29, 1.82) is 0 Å². The third-order valence-electron chi connectivity index (χ3n) is 3.42. The quantitative estimate of drug-likeness (QED) is 0.396. The highest BCUT2D eigenvalue weighted by Crippen LogP contribution is 2.32. The summed E-state index contributed by atoms with van der Waals surface area (Å²) in [4.78, 5) is 12.2. The minimum atomic E-state index is -5.71. The lowest BCUT2D eigenvalue weighted by Crippen LogP contribution is -2.28. The largest absolute Gasteiger partial charge is 0.534 e. The zero-order valence-electron chi connectivity index (χ0n) is 15.4. The van der Waals surface area contributed by atoms with E-state index in [0.717, 1.165) is 6.07 Å². The van der Waals surface area contributed by atoms with Crippen LogP contribution in [0, 0.1) is 5.92 Å². The smallest absolute Gasteiger partial charge is 0.376 e. The SMILES string of the molecule is C=CCC1CCc2cc(OS(=O)(=O)C(F)(F)F)ccc2C1=O.CC.CC. The summed E-state index contributed by atoms with van der Waals surface area (Å²) in [5.74, 6) is -0.770. The highest BCUT2D eigenvalue weighted by molar-refractivity contribution is 7.88. The molecule has 0 fully saturated rings. The number of carbonyl (C=O) groups excluding carboxylic acids is 1. The molecule has 1 aromatic rings. The summed E-state index contributed by atoms with van der Waals surface area (Å²) in [5, 5.41) is 0. The van der Waals surface area contributed by atoms with Crippen molar-refractivity contribution in [3.05, 3.63) is 42.0 Å². The summed E-state index contributed by atoms with van der Waals surface area (Å²) in [6.07, 6.45) is 3.16. The van der Waals surface area contributed by atoms with Gasteiger partial charge in [-0.05, 0) is 43.0 Å². The van der Waals surface area contributed by atoms with Gasteiger partial charge in [0.2, 0.25) is 0 Å². The molecular weight excluding hydrogens is 369 g/mol. The summed E-state index contributed by atoms with van der Waals surface area (Å²) in [6.45, 7) is 11.6. The van der Waals surface area contributed by atoms with Crippen LogP contribution >= 0.6 is 0 Å². The van der Waals surface area contributed by atoms with Crippen molar-refractivity contribution in [1.82, 2.24) is 0 Å². The number of halogens is 3. The van der Waals surface area contributed by atoms with Gasteiger partial charge >= 0.3 is 15.6 Å². The van der Waals surface area contributed by atoms with Crippen LogP contribution in [-0.2, 0) is 16.5 Å². The Balaban J connectivity index is 0.00000146. The monoisotopic (exact) mass is 394 g/mol. The molecule has 1 atom stereocenters. The summed E-state index contributed by atoms with van der Waals surface area (Å²) in [5.41, 5.74) is -4.62. The summed E-state index contributed by atoms with van der Waals surface area (Å²) in [7, 11) is -5.71. The van der Waals surface area contributed by atoms with Crippen LogP contribution in [0.1, 0.15) is 56.5 Å². The Morgan fingerprint density at radius 1 is 1.23 bits per heavy atom. The van der Waals surface area contributed by atoms with Crippen LogP contribution in [0.25, 0.3) is 0 Å². The molecule has 0 spiro atoms. The number of hydrogen-bond donors (Lipinski definition) is 0. The van der Waals surface area contributed by atoms with Gasteiger partial charge in [-0.25, -0.2) is 0 Å². The van der Waals surface area contributed by atoms with Crippen molar-refractivity contribution < 1.29 is 30.6 Å². The Bertz CT molecular complexity index is 710. The number of allylic oxidation sites excluding steroid dienone is 1. The van der Waals surface area contributed by atoms with E-state index in [0.29, 0.717) is 30.4 Å². The van der Waals surface area contributed by atoms with Crippen molar-refractivity contribution in [3.8, 4) is 5.75 Å². The van der Waals surface area contributed by atoms with Crippen LogP contribution in [0.4, 0.5) is 13.2 Å². The standard InChI is InChI=1S/C14H13F3O4S.2C2H6/c1-2-3-9-4-5-10-8-11(6-7-12(10)13(9)18)21-22(19,20)14(15,16)17;2*1-2/h2,6-9H,1,3-5H2;2*1-2H3. The van der Waals surface area contributed by atoms with E-state index in [-0.39, 0.29) is 11.7 Å². The lowest BCUT2D eigenvalue weighted by Gasteiger charge is -2.22. The maximum Gasteiger partial charge on any atom is 0.534 e.